The normalized spacial score (nSPS) is 19.4. The van der Waals surface area contributed by atoms with Gasteiger partial charge in [-0.1, -0.05) is 43.3 Å². The van der Waals surface area contributed by atoms with Crippen LogP contribution in [0.15, 0.2) is 48.5 Å². The second-order valence-corrected chi connectivity index (χ2v) is 6.68. The van der Waals surface area contributed by atoms with E-state index in [4.69, 9.17) is 9.47 Å². The highest BCUT2D eigenvalue weighted by atomic mass is 16.5. The van der Waals surface area contributed by atoms with Gasteiger partial charge in [-0.2, -0.15) is 0 Å². The zero-order valence-electron chi connectivity index (χ0n) is 15.4. The van der Waals surface area contributed by atoms with Crippen molar-refractivity contribution in [3.63, 3.8) is 0 Å². The van der Waals surface area contributed by atoms with E-state index in [1.165, 1.54) is 11.1 Å². The third-order valence-corrected chi connectivity index (χ3v) is 5.08. The van der Waals surface area contributed by atoms with Crippen LogP contribution in [0.1, 0.15) is 24.0 Å². The standard InChI is InChI=1S/C21H28N2O2/c1-16(18-9-10-20(24-2)21(13-18)25-3)19-15-23(12-11-22-19)14-17-7-5-4-6-8-17/h4-10,13,16,19,22H,11-12,14-15H2,1-3H3. The summed E-state index contributed by atoms with van der Waals surface area (Å²) in [6, 6.07) is 17.4. The third-order valence-electron chi connectivity index (χ3n) is 5.08. The fourth-order valence-electron chi connectivity index (χ4n) is 3.53. The fourth-order valence-corrected chi connectivity index (χ4v) is 3.53. The Morgan fingerprint density at radius 3 is 2.56 bits per heavy atom. The van der Waals surface area contributed by atoms with E-state index in [-0.39, 0.29) is 0 Å². The maximum atomic E-state index is 5.46. The highest BCUT2D eigenvalue weighted by Crippen LogP contribution is 2.32. The molecule has 0 aliphatic carbocycles. The summed E-state index contributed by atoms with van der Waals surface area (Å²) in [5, 5.41) is 3.69. The maximum Gasteiger partial charge on any atom is 0.160 e. The van der Waals surface area contributed by atoms with Crippen LogP contribution in [0.5, 0.6) is 11.5 Å². The van der Waals surface area contributed by atoms with Gasteiger partial charge >= 0.3 is 0 Å². The van der Waals surface area contributed by atoms with E-state index in [0.29, 0.717) is 12.0 Å². The number of hydrogen-bond donors (Lipinski definition) is 1. The molecule has 4 heteroatoms. The average Bonchev–Trinajstić information content (AvgIpc) is 2.68. The first-order valence-corrected chi connectivity index (χ1v) is 8.93. The lowest BCUT2D eigenvalue weighted by Gasteiger charge is -2.37. The number of ether oxygens (including phenoxy) is 2. The molecule has 0 bridgehead atoms. The number of methoxy groups -OCH3 is 2. The molecule has 2 atom stereocenters. The van der Waals surface area contributed by atoms with Crippen molar-refractivity contribution in [1.82, 2.24) is 10.2 Å². The smallest absolute Gasteiger partial charge is 0.160 e. The van der Waals surface area contributed by atoms with Crippen molar-refractivity contribution in [3.8, 4) is 11.5 Å². The Labute approximate surface area is 150 Å². The van der Waals surface area contributed by atoms with Gasteiger partial charge in [0.1, 0.15) is 0 Å². The summed E-state index contributed by atoms with van der Waals surface area (Å²) in [6.07, 6.45) is 0. The van der Waals surface area contributed by atoms with Crippen molar-refractivity contribution in [3.05, 3.63) is 59.7 Å². The lowest BCUT2D eigenvalue weighted by atomic mass is 9.91. The zero-order chi connectivity index (χ0) is 17.6. The lowest BCUT2D eigenvalue weighted by molar-refractivity contribution is 0.180. The second-order valence-electron chi connectivity index (χ2n) is 6.68. The Morgan fingerprint density at radius 1 is 1.08 bits per heavy atom. The molecular formula is C21H28N2O2. The van der Waals surface area contributed by atoms with Gasteiger partial charge in [0.15, 0.2) is 11.5 Å². The Kier molecular flexibility index (Phi) is 5.95. The Balaban J connectivity index is 1.68. The summed E-state index contributed by atoms with van der Waals surface area (Å²) in [7, 11) is 3.36. The van der Waals surface area contributed by atoms with E-state index in [9.17, 15) is 0 Å². The largest absolute Gasteiger partial charge is 0.493 e. The van der Waals surface area contributed by atoms with Crippen LogP contribution in [-0.4, -0.2) is 44.8 Å². The predicted molar refractivity (Wildman–Crippen MR) is 101 cm³/mol. The maximum absolute atomic E-state index is 5.46. The van der Waals surface area contributed by atoms with Crippen LogP contribution in [0.25, 0.3) is 0 Å². The second kappa shape index (κ2) is 8.37. The average molecular weight is 340 g/mol. The predicted octanol–water partition coefficient (Wildman–Crippen LogP) is 3.28. The summed E-state index contributed by atoms with van der Waals surface area (Å²) >= 11 is 0. The van der Waals surface area contributed by atoms with Crippen LogP contribution in [-0.2, 0) is 6.54 Å². The molecule has 1 fully saturated rings. The summed E-state index contributed by atoms with van der Waals surface area (Å²) in [5.74, 6) is 1.97. The number of hydrogen-bond acceptors (Lipinski definition) is 4. The summed E-state index contributed by atoms with van der Waals surface area (Å²) in [4.78, 5) is 2.54. The summed E-state index contributed by atoms with van der Waals surface area (Å²) in [6.45, 7) is 6.45. The molecule has 0 amide bonds. The number of rotatable bonds is 6. The molecule has 0 spiro atoms. The van der Waals surface area contributed by atoms with Gasteiger partial charge in [0, 0.05) is 32.2 Å². The molecule has 2 aromatic carbocycles. The van der Waals surface area contributed by atoms with E-state index >= 15 is 0 Å². The highest BCUT2D eigenvalue weighted by Gasteiger charge is 2.25. The number of nitrogens with one attached hydrogen (secondary N) is 1. The van der Waals surface area contributed by atoms with Gasteiger partial charge in [0.25, 0.3) is 0 Å². The molecule has 3 rings (SSSR count). The van der Waals surface area contributed by atoms with Crippen molar-refractivity contribution < 1.29 is 9.47 Å². The first-order chi connectivity index (χ1) is 12.2. The molecule has 2 unspecified atom stereocenters. The zero-order valence-corrected chi connectivity index (χ0v) is 15.4. The minimum absolute atomic E-state index is 0.401. The topological polar surface area (TPSA) is 33.7 Å². The number of piperazine rings is 1. The van der Waals surface area contributed by atoms with E-state index < -0.39 is 0 Å². The Bertz CT molecular complexity index is 675. The molecule has 25 heavy (non-hydrogen) atoms. The number of benzene rings is 2. The van der Waals surface area contributed by atoms with Gasteiger partial charge in [0.2, 0.25) is 0 Å². The molecule has 134 valence electrons. The van der Waals surface area contributed by atoms with Gasteiger partial charge in [-0.25, -0.2) is 0 Å². The van der Waals surface area contributed by atoms with E-state index in [2.05, 4.69) is 59.6 Å². The monoisotopic (exact) mass is 340 g/mol. The van der Waals surface area contributed by atoms with Gasteiger partial charge in [-0.05, 0) is 29.2 Å². The summed E-state index contributed by atoms with van der Waals surface area (Å²) < 4.78 is 10.8. The molecule has 1 heterocycles. The van der Waals surface area contributed by atoms with Crippen LogP contribution < -0.4 is 14.8 Å². The first-order valence-electron chi connectivity index (χ1n) is 8.93. The molecule has 1 saturated heterocycles. The van der Waals surface area contributed by atoms with Crippen LogP contribution in [0.3, 0.4) is 0 Å². The van der Waals surface area contributed by atoms with Gasteiger partial charge < -0.3 is 14.8 Å². The minimum atomic E-state index is 0.401. The van der Waals surface area contributed by atoms with Gasteiger partial charge in [-0.15, -0.1) is 0 Å². The molecule has 2 aromatic rings. The first kappa shape index (κ1) is 17.8. The molecule has 1 N–H and O–H groups in total. The van der Waals surface area contributed by atoms with Crippen molar-refractivity contribution >= 4 is 0 Å². The molecule has 0 saturated carbocycles. The molecule has 0 radical (unpaired) electrons. The molecule has 1 aliphatic rings. The summed E-state index contributed by atoms with van der Waals surface area (Å²) in [5.41, 5.74) is 2.65. The number of nitrogens with zero attached hydrogens (tertiary/aromatic N) is 1. The van der Waals surface area contributed by atoms with Crippen molar-refractivity contribution in [1.29, 1.82) is 0 Å². The molecule has 1 aliphatic heterocycles. The van der Waals surface area contributed by atoms with E-state index in [1.807, 2.05) is 6.07 Å². The fraction of sp³-hybridized carbons (Fsp3) is 0.429. The highest BCUT2D eigenvalue weighted by molar-refractivity contribution is 5.44. The van der Waals surface area contributed by atoms with E-state index in [0.717, 1.165) is 37.7 Å². The molecule has 4 nitrogen and oxygen atoms in total. The van der Waals surface area contributed by atoms with Crippen LogP contribution in [0, 0.1) is 0 Å². The Hall–Kier alpha value is -2.04. The van der Waals surface area contributed by atoms with Gasteiger partial charge in [0.05, 0.1) is 14.2 Å². The SMILES string of the molecule is COc1ccc(C(C)C2CN(Cc3ccccc3)CCN2)cc1OC. The third kappa shape index (κ3) is 4.33. The molecule has 0 aromatic heterocycles. The van der Waals surface area contributed by atoms with E-state index in [1.54, 1.807) is 14.2 Å². The Morgan fingerprint density at radius 2 is 1.84 bits per heavy atom. The van der Waals surface area contributed by atoms with Gasteiger partial charge in [-0.3, -0.25) is 4.90 Å². The minimum Gasteiger partial charge on any atom is -0.493 e. The van der Waals surface area contributed by atoms with Crippen molar-refractivity contribution in [2.45, 2.75) is 25.4 Å². The van der Waals surface area contributed by atoms with Crippen LogP contribution in [0.4, 0.5) is 0 Å². The lowest BCUT2D eigenvalue weighted by Crippen LogP contribution is -2.52. The quantitative estimate of drug-likeness (QED) is 0.875. The van der Waals surface area contributed by atoms with Crippen LogP contribution >= 0.6 is 0 Å². The van der Waals surface area contributed by atoms with Crippen molar-refractivity contribution in [2.75, 3.05) is 33.9 Å². The van der Waals surface area contributed by atoms with Crippen LogP contribution in [0.2, 0.25) is 0 Å². The molecular weight excluding hydrogens is 312 g/mol. The van der Waals surface area contributed by atoms with Crippen molar-refractivity contribution in [2.24, 2.45) is 0 Å².